The number of amides is 1. The van der Waals surface area contributed by atoms with E-state index in [-0.39, 0.29) is 31.2 Å². The lowest BCUT2D eigenvalue weighted by atomic mass is 10.1. The van der Waals surface area contributed by atoms with Gasteiger partial charge in [-0.2, -0.15) is 13.2 Å². The van der Waals surface area contributed by atoms with Crippen LogP contribution in [-0.2, 0) is 23.9 Å². The Labute approximate surface area is 141 Å². The van der Waals surface area contributed by atoms with Gasteiger partial charge in [-0.15, -0.1) is 10.2 Å². The summed E-state index contributed by atoms with van der Waals surface area (Å²) in [5.41, 5.74) is 1.63. The van der Waals surface area contributed by atoms with Crippen molar-refractivity contribution in [2.75, 3.05) is 6.54 Å². The van der Waals surface area contributed by atoms with Gasteiger partial charge in [-0.3, -0.25) is 4.79 Å². The minimum atomic E-state index is -4.56. The first-order valence-corrected chi connectivity index (χ1v) is 7.91. The van der Waals surface area contributed by atoms with Crippen molar-refractivity contribution in [3.8, 4) is 0 Å². The zero-order valence-electron chi connectivity index (χ0n) is 14.1. The number of halogens is 3. The molecule has 1 unspecified atom stereocenters. The van der Waals surface area contributed by atoms with Gasteiger partial charge in [-0.1, -0.05) is 5.16 Å². The molecule has 3 heterocycles. The Morgan fingerprint density at radius 1 is 1.28 bits per heavy atom. The van der Waals surface area contributed by atoms with E-state index in [4.69, 9.17) is 4.52 Å². The third-order valence-electron chi connectivity index (χ3n) is 4.53. The highest BCUT2D eigenvalue weighted by Gasteiger charge is 2.41. The molecular formula is C15H18F3N5O2. The molecular weight excluding hydrogens is 339 g/mol. The van der Waals surface area contributed by atoms with Crippen molar-refractivity contribution in [3.05, 3.63) is 28.7 Å². The molecule has 1 aliphatic rings. The maximum absolute atomic E-state index is 12.9. The van der Waals surface area contributed by atoms with E-state index in [1.54, 1.807) is 25.7 Å². The first kappa shape index (κ1) is 17.4. The Morgan fingerprint density at radius 3 is 2.60 bits per heavy atom. The summed E-state index contributed by atoms with van der Waals surface area (Å²) in [6.45, 7) is 5.47. The van der Waals surface area contributed by atoms with Gasteiger partial charge in [0, 0.05) is 25.1 Å². The molecule has 0 N–H and O–H groups in total. The summed E-state index contributed by atoms with van der Waals surface area (Å²) in [5.74, 6) is -0.330. The Kier molecular flexibility index (Phi) is 4.29. The molecule has 2 aromatic heterocycles. The van der Waals surface area contributed by atoms with Crippen LogP contribution in [0.5, 0.6) is 0 Å². The van der Waals surface area contributed by atoms with Crippen molar-refractivity contribution in [1.29, 1.82) is 0 Å². The third-order valence-corrected chi connectivity index (χ3v) is 4.53. The van der Waals surface area contributed by atoms with Crippen molar-refractivity contribution < 1.29 is 22.5 Å². The summed E-state index contributed by atoms with van der Waals surface area (Å²) in [4.78, 5) is 14.1. The minimum absolute atomic E-state index is 0.0264. The SMILES string of the molecule is Cc1noc(C)c1CCC(=O)N1CCn2c(nnc2C(F)(F)F)C1C. The Hall–Kier alpha value is -2.39. The minimum Gasteiger partial charge on any atom is -0.361 e. The lowest BCUT2D eigenvalue weighted by Gasteiger charge is -2.34. The van der Waals surface area contributed by atoms with Crippen LogP contribution < -0.4 is 0 Å². The summed E-state index contributed by atoms with van der Waals surface area (Å²) < 4.78 is 44.9. The molecule has 1 aliphatic heterocycles. The molecule has 7 nitrogen and oxygen atoms in total. The van der Waals surface area contributed by atoms with Crippen LogP contribution in [0.3, 0.4) is 0 Å². The summed E-state index contributed by atoms with van der Waals surface area (Å²) >= 11 is 0. The zero-order valence-corrected chi connectivity index (χ0v) is 14.1. The molecule has 0 saturated heterocycles. The number of hydrogen-bond donors (Lipinski definition) is 0. The number of hydrogen-bond acceptors (Lipinski definition) is 5. The zero-order chi connectivity index (χ0) is 18.4. The predicted molar refractivity (Wildman–Crippen MR) is 79.5 cm³/mol. The van der Waals surface area contributed by atoms with E-state index < -0.39 is 18.0 Å². The highest BCUT2D eigenvalue weighted by Crippen LogP contribution is 2.32. The lowest BCUT2D eigenvalue weighted by Crippen LogP contribution is -2.42. The number of aryl methyl sites for hydroxylation is 2. The van der Waals surface area contributed by atoms with E-state index in [0.717, 1.165) is 15.8 Å². The molecule has 0 fully saturated rings. The first-order chi connectivity index (χ1) is 11.7. The molecule has 3 rings (SSSR count). The maximum atomic E-state index is 12.9. The summed E-state index contributed by atoms with van der Waals surface area (Å²) in [5, 5.41) is 10.8. The summed E-state index contributed by atoms with van der Waals surface area (Å²) in [7, 11) is 0. The molecule has 1 amide bonds. The van der Waals surface area contributed by atoms with Crippen LogP contribution in [0, 0.1) is 13.8 Å². The number of carbonyl (C=O) groups excluding carboxylic acids is 1. The van der Waals surface area contributed by atoms with Gasteiger partial charge in [0.2, 0.25) is 11.7 Å². The van der Waals surface area contributed by atoms with Gasteiger partial charge < -0.3 is 14.0 Å². The van der Waals surface area contributed by atoms with Crippen LogP contribution >= 0.6 is 0 Å². The van der Waals surface area contributed by atoms with Crippen molar-refractivity contribution in [1.82, 2.24) is 24.8 Å². The number of nitrogens with zero attached hydrogens (tertiary/aromatic N) is 5. The molecule has 136 valence electrons. The standard InChI is InChI=1S/C15H18F3N5O2/c1-8-11(10(3)25-21-8)4-5-12(24)22-6-7-23-13(9(22)2)19-20-14(23)15(16,17)18/h9H,4-7H2,1-3H3. The van der Waals surface area contributed by atoms with Gasteiger partial charge >= 0.3 is 6.18 Å². The number of aromatic nitrogens is 4. The van der Waals surface area contributed by atoms with Gasteiger partial charge in [-0.25, -0.2) is 0 Å². The Morgan fingerprint density at radius 2 is 2.00 bits per heavy atom. The second-order valence-corrected chi connectivity index (χ2v) is 6.10. The summed E-state index contributed by atoms with van der Waals surface area (Å²) in [6.07, 6.45) is -3.85. The van der Waals surface area contributed by atoms with Crippen LogP contribution in [0.25, 0.3) is 0 Å². The highest BCUT2D eigenvalue weighted by molar-refractivity contribution is 5.77. The molecule has 0 aliphatic carbocycles. The lowest BCUT2D eigenvalue weighted by molar-refractivity contribution is -0.148. The Bertz CT molecular complexity index is 776. The predicted octanol–water partition coefficient (Wildman–Crippen LogP) is 2.44. The van der Waals surface area contributed by atoms with E-state index in [1.165, 1.54) is 0 Å². The van der Waals surface area contributed by atoms with Crippen LogP contribution in [0.4, 0.5) is 13.2 Å². The van der Waals surface area contributed by atoms with Gasteiger partial charge in [0.1, 0.15) is 5.76 Å². The first-order valence-electron chi connectivity index (χ1n) is 7.91. The molecule has 0 spiro atoms. The van der Waals surface area contributed by atoms with Gasteiger partial charge in [0.05, 0.1) is 11.7 Å². The highest BCUT2D eigenvalue weighted by atomic mass is 19.4. The van der Waals surface area contributed by atoms with Crippen LogP contribution in [0.1, 0.15) is 48.1 Å². The monoisotopic (exact) mass is 357 g/mol. The summed E-state index contributed by atoms with van der Waals surface area (Å²) in [6, 6.07) is -0.561. The molecule has 2 aromatic rings. The average molecular weight is 357 g/mol. The number of carbonyl (C=O) groups is 1. The van der Waals surface area contributed by atoms with E-state index in [0.29, 0.717) is 12.2 Å². The molecule has 0 radical (unpaired) electrons. The Balaban J connectivity index is 1.72. The second kappa shape index (κ2) is 6.16. The maximum Gasteiger partial charge on any atom is 0.451 e. The van der Waals surface area contributed by atoms with Crippen LogP contribution in [0.2, 0.25) is 0 Å². The molecule has 0 bridgehead atoms. The molecule has 0 aromatic carbocycles. The van der Waals surface area contributed by atoms with Crippen molar-refractivity contribution in [2.45, 2.75) is 52.4 Å². The smallest absolute Gasteiger partial charge is 0.361 e. The van der Waals surface area contributed by atoms with E-state index >= 15 is 0 Å². The molecule has 1 atom stereocenters. The molecule has 10 heteroatoms. The molecule has 0 saturated carbocycles. The number of alkyl halides is 3. The van der Waals surface area contributed by atoms with Crippen LogP contribution in [-0.4, -0.2) is 37.3 Å². The van der Waals surface area contributed by atoms with Crippen molar-refractivity contribution in [2.24, 2.45) is 0 Å². The van der Waals surface area contributed by atoms with Crippen LogP contribution in [0.15, 0.2) is 4.52 Å². The van der Waals surface area contributed by atoms with Gasteiger partial charge in [-0.05, 0) is 27.2 Å². The second-order valence-electron chi connectivity index (χ2n) is 6.10. The average Bonchev–Trinajstić information content (AvgIpc) is 3.10. The molecule has 25 heavy (non-hydrogen) atoms. The quantitative estimate of drug-likeness (QED) is 0.843. The van der Waals surface area contributed by atoms with Crippen molar-refractivity contribution in [3.63, 3.8) is 0 Å². The normalized spacial score (nSPS) is 17.7. The third kappa shape index (κ3) is 3.12. The van der Waals surface area contributed by atoms with E-state index in [2.05, 4.69) is 15.4 Å². The fourth-order valence-corrected chi connectivity index (χ4v) is 3.17. The number of fused-ring (bicyclic) bond motifs is 1. The van der Waals surface area contributed by atoms with Crippen molar-refractivity contribution >= 4 is 5.91 Å². The topological polar surface area (TPSA) is 77.0 Å². The fourth-order valence-electron chi connectivity index (χ4n) is 3.17. The largest absolute Gasteiger partial charge is 0.451 e. The fraction of sp³-hybridized carbons (Fsp3) is 0.600. The number of rotatable bonds is 3. The van der Waals surface area contributed by atoms with Gasteiger partial charge in [0.25, 0.3) is 0 Å². The van der Waals surface area contributed by atoms with E-state index in [1.807, 2.05) is 0 Å². The van der Waals surface area contributed by atoms with Gasteiger partial charge in [0.15, 0.2) is 5.82 Å². The van der Waals surface area contributed by atoms with E-state index in [9.17, 15) is 18.0 Å².